The van der Waals surface area contributed by atoms with Crippen LogP contribution in [0.1, 0.15) is 16.9 Å². The van der Waals surface area contributed by atoms with Crippen molar-refractivity contribution in [2.75, 3.05) is 0 Å². The van der Waals surface area contributed by atoms with Crippen LogP contribution in [0.15, 0.2) is 42.6 Å². The van der Waals surface area contributed by atoms with E-state index in [1.165, 1.54) is 0 Å². The SMILES string of the molecule is O=Cc1ccn(C2=CC=CC=CC2)n1. The molecular weight excluding hydrogens is 176 g/mol. The number of allylic oxidation sites excluding steroid dienone is 6. The molecule has 0 fully saturated rings. The topological polar surface area (TPSA) is 34.9 Å². The predicted molar refractivity (Wildman–Crippen MR) is 54.8 cm³/mol. The Bertz CT molecular complexity index is 424. The first-order chi connectivity index (χ1) is 6.90. The third-order valence-corrected chi connectivity index (χ3v) is 2.00. The first-order valence-electron chi connectivity index (χ1n) is 4.44. The summed E-state index contributed by atoms with van der Waals surface area (Å²) in [5.41, 5.74) is 1.52. The zero-order valence-corrected chi connectivity index (χ0v) is 7.63. The highest BCUT2D eigenvalue weighted by atomic mass is 16.1. The van der Waals surface area contributed by atoms with Crippen molar-refractivity contribution in [3.05, 3.63) is 48.3 Å². The van der Waals surface area contributed by atoms with E-state index in [9.17, 15) is 4.79 Å². The van der Waals surface area contributed by atoms with Gasteiger partial charge in [-0.25, -0.2) is 4.68 Å². The van der Waals surface area contributed by atoms with Crippen LogP contribution in [0, 0.1) is 0 Å². The maximum Gasteiger partial charge on any atom is 0.170 e. The zero-order chi connectivity index (χ0) is 9.80. The Hall–Kier alpha value is -1.90. The summed E-state index contributed by atoms with van der Waals surface area (Å²) in [5.74, 6) is 0. The van der Waals surface area contributed by atoms with Crippen LogP contribution in [0.4, 0.5) is 0 Å². The van der Waals surface area contributed by atoms with Crippen molar-refractivity contribution in [3.8, 4) is 0 Å². The summed E-state index contributed by atoms with van der Waals surface area (Å²) in [7, 11) is 0. The molecule has 0 saturated carbocycles. The van der Waals surface area contributed by atoms with E-state index in [0.717, 1.165) is 18.4 Å². The number of carbonyl (C=O) groups excluding carboxylic acids is 1. The lowest BCUT2D eigenvalue weighted by Crippen LogP contribution is -1.97. The number of aromatic nitrogens is 2. The lowest BCUT2D eigenvalue weighted by atomic mass is 10.3. The van der Waals surface area contributed by atoms with Crippen LogP contribution >= 0.6 is 0 Å². The van der Waals surface area contributed by atoms with Crippen molar-refractivity contribution in [1.29, 1.82) is 0 Å². The molecule has 0 amide bonds. The van der Waals surface area contributed by atoms with Gasteiger partial charge in [0.1, 0.15) is 5.69 Å². The lowest BCUT2D eigenvalue weighted by molar-refractivity contribution is 0.111. The summed E-state index contributed by atoms with van der Waals surface area (Å²) >= 11 is 0. The average molecular weight is 186 g/mol. The van der Waals surface area contributed by atoms with Crippen LogP contribution in [-0.2, 0) is 0 Å². The van der Waals surface area contributed by atoms with Gasteiger partial charge in [-0.15, -0.1) is 0 Å². The molecule has 3 nitrogen and oxygen atoms in total. The first-order valence-corrected chi connectivity index (χ1v) is 4.44. The van der Waals surface area contributed by atoms with Crippen molar-refractivity contribution in [2.45, 2.75) is 6.42 Å². The van der Waals surface area contributed by atoms with E-state index in [1.54, 1.807) is 16.9 Å². The van der Waals surface area contributed by atoms with Crippen LogP contribution in [0.25, 0.3) is 5.70 Å². The number of carbonyl (C=O) groups is 1. The molecule has 0 spiro atoms. The van der Waals surface area contributed by atoms with Crippen molar-refractivity contribution in [2.24, 2.45) is 0 Å². The van der Waals surface area contributed by atoms with Crippen molar-refractivity contribution < 1.29 is 4.79 Å². The van der Waals surface area contributed by atoms with E-state index in [2.05, 4.69) is 11.2 Å². The summed E-state index contributed by atoms with van der Waals surface area (Å²) in [6.45, 7) is 0. The first kappa shape index (κ1) is 8.69. The van der Waals surface area contributed by atoms with Gasteiger partial charge in [0.05, 0.1) is 0 Å². The summed E-state index contributed by atoms with van der Waals surface area (Å²) in [6, 6.07) is 1.70. The Morgan fingerprint density at radius 2 is 2.29 bits per heavy atom. The average Bonchev–Trinajstić information content (AvgIpc) is 2.53. The van der Waals surface area contributed by atoms with E-state index in [1.807, 2.05) is 24.3 Å². The smallest absolute Gasteiger partial charge is 0.170 e. The van der Waals surface area contributed by atoms with Gasteiger partial charge < -0.3 is 0 Å². The van der Waals surface area contributed by atoms with Gasteiger partial charge in [-0.3, -0.25) is 4.79 Å². The molecule has 0 atom stereocenters. The van der Waals surface area contributed by atoms with E-state index in [4.69, 9.17) is 0 Å². The monoisotopic (exact) mass is 186 g/mol. The standard InChI is InChI=1S/C11H10N2O/c14-9-10-7-8-13(12-10)11-5-3-1-2-4-6-11/h1-5,7-9H,6H2. The minimum Gasteiger partial charge on any atom is -0.296 e. The van der Waals surface area contributed by atoms with E-state index in [0.29, 0.717) is 5.69 Å². The maximum absolute atomic E-state index is 10.4. The molecule has 1 aliphatic carbocycles. The number of rotatable bonds is 2. The Morgan fingerprint density at radius 1 is 1.36 bits per heavy atom. The second kappa shape index (κ2) is 3.87. The maximum atomic E-state index is 10.4. The van der Waals surface area contributed by atoms with Crippen molar-refractivity contribution in [3.63, 3.8) is 0 Å². The number of hydrogen-bond acceptors (Lipinski definition) is 2. The van der Waals surface area contributed by atoms with Crippen LogP contribution < -0.4 is 0 Å². The third kappa shape index (κ3) is 1.71. The van der Waals surface area contributed by atoms with Gasteiger partial charge in [-0.05, 0) is 12.1 Å². The minimum absolute atomic E-state index is 0.461. The van der Waals surface area contributed by atoms with Gasteiger partial charge in [0.15, 0.2) is 6.29 Å². The van der Waals surface area contributed by atoms with Crippen molar-refractivity contribution in [1.82, 2.24) is 9.78 Å². The molecule has 0 N–H and O–H groups in total. The fourth-order valence-electron chi connectivity index (χ4n) is 1.30. The van der Waals surface area contributed by atoms with Gasteiger partial charge in [0.2, 0.25) is 0 Å². The predicted octanol–water partition coefficient (Wildman–Crippen LogP) is 2.05. The molecule has 1 aliphatic rings. The number of hydrogen-bond donors (Lipinski definition) is 0. The number of nitrogens with zero attached hydrogens (tertiary/aromatic N) is 2. The van der Waals surface area contributed by atoms with Gasteiger partial charge >= 0.3 is 0 Å². The molecule has 14 heavy (non-hydrogen) atoms. The molecule has 0 bridgehead atoms. The molecule has 2 rings (SSSR count). The highest BCUT2D eigenvalue weighted by molar-refractivity contribution is 5.71. The Balaban J connectivity index is 2.30. The molecule has 0 aliphatic heterocycles. The van der Waals surface area contributed by atoms with Crippen molar-refractivity contribution >= 4 is 12.0 Å². The van der Waals surface area contributed by atoms with E-state index in [-0.39, 0.29) is 0 Å². The largest absolute Gasteiger partial charge is 0.296 e. The third-order valence-electron chi connectivity index (χ3n) is 2.00. The molecule has 0 radical (unpaired) electrons. The molecule has 1 heterocycles. The molecule has 1 aromatic heterocycles. The van der Waals surface area contributed by atoms with E-state index >= 15 is 0 Å². The molecule has 1 aromatic rings. The van der Waals surface area contributed by atoms with Crippen LogP contribution in [-0.4, -0.2) is 16.1 Å². The summed E-state index contributed by atoms with van der Waals surface area (Å²) in [5, 5.41) is 4.11. The van der Waals surface area contributed by atoms with Crippen LogP contribution in [0.3, 0.4) is 0 Å². The zero-order valence-electron chi connectivity index (χ0n) is 7.63. The molecule has 70 valence electrons. The van der Waals surface area contributed by atoms with Gasteiger partial charge in [-0.2, -0.15) is 5.10 Å². The summed E-state index contributed by atoms with van der Waals surface area (Å²) < 4.78 is 1.73. The number of aldehydes is 1. The summed E-state index contributed by atoms with van der Waals surface area (Å²) in [6.07, 6.45) is 13.3. The molecule has 0 saturated heterocycles. The highest BCUT2D eigenvalue weighted by Crippen LogP contribution is 2.12. The second-order valence-corrected chi connectivity index (χ2v) is 2.98. The Kier molecular flexibility index (Phi) is 2.40. The van der Waals surface area contributed by atoms with Gasteiger partial charge in [-0.1, -0.05) is 24.3 Å². The normalized spacial score (nSPS) is 15.0. The quantitative estimate of drug-likeness (QED) is 0.662. The molecule has 3 heteroatoms. The van der Waals surface area contributed by atoms with Crippen LogP contribution in [0.5, 0.6) is 0 Å². The van der Waals surface area contributed by atoms with Gasteiger partial charge in [0.25, 0.3) is 0 Å². The van der Waals surface area contributed by atoms with Crippen LogP contribution in [0.2, 0.25) is 0 Å². The fraction of sp³-hybridized carbons (Fsp3) is 0.0909. The molecule has 0 unspecified atom stereocenters. The molecule has 0 aromatic carbocycles. The highest BCUT2D eigenvalue weighted by Gasteiger charge is 2.01. The Morgan fingerprint density at radius 3 is 3.07 bits per heavy atom. The van der Waals surface area contributed by atoms with Gasteiger partial charge in [0, 0.05) is 18.3 Å². The summed E-state index contributed by atoms with van der Waals surface area (Å²) in [4.78, 5) is 10.4. The second-order valence-electron chi connectivity index (χ2n) is 2.98. The Labute approximate surface area is 82.0 Å². The fourth-order valence-corrected chi connectivity index (χ4v) is 1.30. The van der Waals surface area contributed by atoms with E-state index < -0.39 is 0 Å². The minimum atomic E-state index is 0.461. The lowest BCUT2D eigenvalue weighted by Gasteiger charge is -2.02. The molecular formula is C11H10N2O.